The maximum atomic E-state index is 4.66. The molecule has 3 aromatic carbocycles. The summed E-state index contributed by atoms with van der Waals surface area (Å²) in [6.45, 7) is 0. The Balaban J connectivity index is 2.09. The average molecular weight is 380 g/mol. The third-order valence-electron chi connectivity index (χ3n) is 4.96. The van der Waals surface area contributed by atoms with Crippen LogP contribution in [0.2, 0.25) is 0 Å². The van der Waals surface area contributed by atoms with Crippen molar-refractivity contribution in [1.82, 2.24) is 14.5 Å². The second-order valence-corrected chi connectivity index (χ2v) is 7.11. The zero-order chi connectivity index (χ0) is 20.1. The first-order valence-electron chi connectivity index (χ1n) is 9.64. The molecule has 0 atom stereocenters. The van der Waals surface area contributed by atoms with Crippen molar-refractivity contribution in [3.8, 4) is 0 Å². The third-order valence-corrected chi connectivity index (χ3v) is 4.96. The van der Waals surface area contributed by atoms with Crippen molar-refractivity contribution in [3.63, 3.8) is 0 Å². The van der Waals surface area contributed by atoms with Gasteiger partial charge in [-0.05, 0) is 16.7 Å². The highest BCUT2D eigenvalue weighted by Crippen LogP contribution is 2.42. The molecule has 0 fully saturated rings. The van der Waals surface area contributed by atoms with Gasteiger partial charge in [0.1, 0.15) is 5.54 Å². The fraction of sp³-hybridized carbons (Fsp3) is 0.120. The Hall–Kier alpha value is -3.66. The van der Waals surface area contributed by atoms with Gasteiger partial charge in [-0.25, -0.2) is 9.98 Å². The zero-order valence-electron chi connectivity index (χ0n) is 16.7. The fourth-order valence-electron chi connectivity index (χ4n) is 3.78. The van der Waals surface area contributed by atoms with Gasteiger partial charge in [0.2, 0.25) is 5.95 Å². The second-order valence-electron chi connectivity index (χ2n) is 7.11. The topological polar surface area (TPSA) is 33.4 Å². The molecule has 1 heterocycles. The van der Waals surface area contributed by atoms with Crippen molar-refractivity contribution in [3.05, 3.63) is 120 Å². The summed E-state index contributed by atoms with van der Waals surface area (Å²) in [6.07, 6.45) is 5.60. The van der Waals surface area contributed by atoms with Gasteiger partial charge in [-0.3, -0.25) is 4.57 Å². The van der Waals surface area contributed by atoms with Gasteiger partial charge < -0.3 is 4.90 Å². The lowest BCUT2D eigenvalue weighted by molar-refractivity contribution is 0.518. The van der Waals surface area contributed by atoms with Gasteiger partial charge in [-0.2, -0.15) is 0 Å². The van der Waals surface area contributed by atoms with E-state index in [1.165, 1.54) is 0 Å². The predicted octanol–water partition coefficient (Wildman–Crippen LogP) is 4.94. The zero-order valence-corrected chi connectivity index (χ0v) is 16.7. The van der Waals surface area contributed by atoms with E-state index in [-0.39, 0.29) is 0 Å². The van der Waals surface area contributed by atoms with Gasteiger partial charge in [0.05, 0.1) is 6.34 Å². The van der Waals surface area contributed by atoms with E-state index in [2.05, 4.69) is 87.3 Å². The van der Waals surface area contributed by atoms with Crippen LogP contribution in [0.1, 0.15) is 16.7 Å². The molecule has 0 saturated carbocycles. The number of rotatable bonds is 6. The molecule has 4 rings (SSSR count). The lowest BCUT2D eigenvalue weighted by atomic mass is 9.76. The SMILES string of the molecule is CN(C)C=Nc1nccn1C(c1ccccc1)(c1ccccc1)c1ccccc1. The molecule has 0 N–H and O–H groups in total. The summed E-state index contributed by atoms with van der Waals surface area (Å²) in [4.78, 5) is 11.1. The molecule has 0 bridgehead atoms. The lowest BCUT2D eigenvalue weighted by Crippen LogP contribution is -2.37. The van der Waals surface area contributed by atoms with Gasteiger partial charge in [0, 0.05) is 26.5 Å². The Bertz CT molecular complexity index is 971. The summed E-state index contributed by atoms with van der Waals surface area (Å²) in [5, 5.41) is 0. The van der Waals surface area contributed by atoms with E-state index in [1.807, 2.05) is 49.6 Å². The van der Waals surface area contributed by atoms with E-state index < -0.39 is 5.54 Å². The first-order valence-corrected chi connectivity index (χ1v) is 9.64. The third kappa shape index (κ3) is 3.45. The molecular formula is C25H24N4. The molecule has 0 unspecified atom stereocenters. The Morgan fingerprint density at radius 2 is 1.21 bits per heavy atom. The van der Waals surface area contributed by atoms with Crippen LogP contribution in [0.3, 0.4) is 0 Å². The van der Waals surface area contributed by atoms with Crippen molar-refractivity contribution >= 4 is 12.3 Å². The van der Waals surface area contributed by atoms with Crippen molar-refractivity contribution in [2.75, 3.05) is 14.1 Å². The number of hydrogen-bond acceptors (Lipinski definition) is 2. The van der Waals surface area contributed by atoms with E-state index >= 15 is 0 Å². The minimum Gasteiger partial charge on any atom is -0.369 e. The summed E-state index contributed by atoms with van der Waals surface area (Å²) in [5.41, 5.74) is 2.85. The van der Waals surface area contributed by atoms with Crippen LogP contribution in [-0.4, -0.2) is 34.9 Å². The molecule has 0 spiro atoms. The van der Waals surface area contributed by atoms with Crippen LogP contribution in [0.5, 0.6) is 0 Å². The standard InChI is InChI=1S/C25H24N4/c1-28(2)20-27-24-26-18-19-29(24)25(21-12-6-3-7-13-21,22-14-8-4-9-15-22)23-16-10-5-11-17-23/h3-20H,1-2H3. The Morgan fingerprint density at radius 1 is 0.759 bits per heavy atom. The molecule has 0 radical (unpaired) electrons. The summed E-state index contributed by atoms with van der Waals surface area (Å²) in [5.74, 6) is 0.648. The quantitative estimate of drug-likeness (QED) is 0.270. The van der Waals surface area contributed by atoms with Gasteiger partial charge >= 0.3 is 0 Å². The monoisotopic (exact) mass is 380 g/mol. The number of aromatic nitrogens is 2. The first-order chi connectivity index (χ1) is 14.2. The molecule has 4 aromatic rings. The van der Waals surface area contributed by atoms with E-state index in [4.69, 9.17) is 0 Å². The fourth-order valence-corrected chi connectivity index (χ4v) is 3.78. The minimum absolute atomic E-state index is 0.598. The van der Waals surface area contributed by atoms with Gasteiger partial charge in [-0.15, -0.1) is 0 Å². The molecule has 0 amide bonds. The largest absolute Gasteiger partial charge is 0.369 e. The van der Waals surface area contributed by atoms with Crippen molar-refractivity contribution in [2.45, 2.75) is 5.54 Å². The normalized spacial score (nSPS) is 11.7. The summed E-state index contributed by atoms with van der Waals surface area (Å²) >= 11 is 0. The van der Waals surface area contributed by atoms with Gasteiger partial charge in [0.25, 0.3) is 0 Å². The number of hydrogen-bond donors (Lipinski definition) is 0. The number of nitrogens with zero attached hydrogens (tertiary/aromatic N) is 4. The number of imidazole rings is 1. The molecule has 4 heteroatoms. The highest BCUT2D eigenvalue weighted by atomic mass is 15.2. The second kappa shape index (κ2) is 8.15. The molecule has 0 aliphatic heterocycles. The molecule has 144 valence electrons. The Morgan fingerprint density at radius 3 is 1.62 bits per heavy atom. The lowest BCUT2D eigenvalue weighted by Gasteiger charge is -2.37. The molecule has 4 nitrogen and oxygen atoms in total. The highest BCUT2D eigenvalue weighted by Gasteiger charge is 2.39. The smallest absolute Gasteiger partial charge is 0.232 e. The molecule has 0 aliphatic carbocycles. The van der Waals surface area contributed by atoms with Crippen LogP contribution in [-0.2, 0) is 5.54 Å². The van der Waals surface area contributed by atoms with E-state index in [0.717, 1.165) is 16.7 Å². The van der Waals surface area contributed by atoms with Crippen LogP contribution in [0.25, 0.3) is 0 Å². The van der Waals surface area contributed by atoms with Crippen LogP contribution in [0.4, 0.5) is 5.95 Å². The van der Waals surface area contributed by atoms with Gasteiger partial charge in [0.15, 0.2) is 0 Å². The maximum absolute atomic E-state index is 4.66. The summed E-state index contributed by atoms with van der Waals surface area (Å²) in [7, 11) is 3.91. The van der Waals surface area contributed by atoms with Crippen LogP contribution in [0.15, 0.2) is 108 Å². The Kier molecular flexibility index (Phi) is 5.25. The van der Waals surface area contributed by atoms with Gasteiger partial charge in [-0.1, -0.05) is 91.0 Å². The molecule has 1 aromatic heterocycles. The summed E-state index contributed by atoms with van der Waals surface area (Å²) in [6, 6.07) is 31.6. The van der Waals surface area contributed by atoms with E-state index in [9.17, 15) is 0 Å². The van der Waals surface area contributed by atoms with Crippen molar-refractivity contribution < 1.29 is 0 Å². The van der Waals surface area contributed by atoms with Crippen LogP contribution < -0.4 is 0 Å². The first kappa shape index (κ1) is 18.7. The molecular weight excluding hydrogens is 356 g/mol. The number of aliphatic imine (C=N–C) groups is 1. The average Bonchev–Trinajstić information content (AvgIpc) is 3.24. The van der Waals surface area contributed by atoms with Crippen molar-refractivity contribution in [1.29, 1.82) is 0 Å². The predicted molar refractivity (Wildman–Crippen MR) is 119 cm³/mol. The van der Waals surface area contributed by atoms with E-state index in [1.54, 1.807) is 6.34 Å². The van der Waals surface area contributed by atoms with Crippen LogP contribution >= 0.6 is 0 Å². The molecule has 29 heavy (non-hydrogen) atoms. The minimum atomic E-state index is -0.598. The maximum Gasteiger partial charge on any atom is 0.232 e. The molecule has 0 saturated heterocycles. The highest BCUT2D eigenvalue weighted by molar-refractivity contribution is 5.59. The van der Waals surface area contributed by atoms with Crippen molar-refractivity contribution in [2.24, 2.45) is 4.99 Å². The van der Waals surface area contributed by atoms with Crippen LogP contribution in [0, 0.1) is 0 Å². The number of benzene rings is 3. The Labute approximate surface area is 171 Å². The summed E-state index contributed by atoms with van der Waals surface area (Å²) < 4.78 is 2.16. The molecule has 0 aliphatic rings. The van der Waals surface area contributed by atoms with E-state index in [0.29, 0.717) is 5.95 Å².